The van der Waals surface area contributed by atoms with Gasteiger partial charge in [-0.25, -0.2) is 8.42 Å². The quantitative estimate of drug-likeness (QED) is 0.696. The smallest absolute Gasteiger partial charge is 0.240 e. The Morgan fingerprint density at radius 1 is 1.15 bits per heavy atom. The normalized spacial score (nSPS) is 11.0. The van der Waals surface area contributed by atoms with Crippen LogP contribution in [0.25, 0.3) is 0 Å². The van der Waals surface area contributed by atoms with Crippen LogP contribution in [0.2, 0.25) is 5.02 Å². The number of carbonyl (C=O) groups excluding carboxylic acids is 1. The monoisotopic (exact) mass is 396 g/mol. The third-order valence-electron chi connectivity index (χ3n) is 3.52. The van der Waals surface area contributed by atoms with E-state index < -0.39 is 15.9 Å². The third-order valence-corrected chi connectivity index (χ3v) is 4.97. The number of aryl methyl sites for hydroxylation is 1. The number of sulfonamides is 1. The number of halogens is 1. The van der Waals surface area contributed by atoms with Crippen LogP contribution in [0.15, 0.2) is 48.5 Å². The summed E-state index contributed by atoms with van der Waals surface area (Å²) in [5.74, 6) is 0.265. The number of hydrogen-bond donors (Lipinski definition) is 1. The fraction of sp³-hybridized carbons (Fsp3) is 0.278. The molecule has 0 bridgehead atoms. The summed E-state index contributed by atoms with van der Waals surface area (Å²) in [6.45, 7) is 2.16. The van der Waals surface area contributed by atoms with E-state index in [0.29, 0.717) is 5.75 Å². The molecule has 2 aromatic rings. The van der Waals surface area contributed by atoms with E-state index in [4.69, 9.17) is 16.3 Å². The molecule has 0 fully saturated rings. The van der Waals surface area contributed by atoms with Gasteiger partial charge in [0, 0.05) is 0 Å². The van der Waals surface area contributed by atoms with E-state index in [1.165, 1.54) is 0 Å². The van der Waals surface area contributed by atoms with Gasteiger partial charge in [-0.05, 0) is 31.2 Å². The summed E-state index contributed by atoms with van der Waals surface area (Å²) in [5.41, 5.74) is 1.40. The molecule has 6 nitrogen and oxygen atoms in total. The number of hydrogen-bond acceptors (Lipinski definition) is 4. The van der Waals surface area contributed by atoms with E-state index in [0.717, 1.165) is 16.1 Å². The minimum Gasteiger partial charge on any atom is -0.492 e. The maximum Gasteiger partial charge on any atom is 0.240 e. The number of para-hydroxylation sites is 1. The molecule has 26 heavy (non-hydrogen) atoms. The van der Waals surface area contributed by atoms with Crippen LogP contribution >= 0.6 is 11.6 Å². The molecule has 0 spiro atoms. The maximum absolute atomic E-state index is 12.1. The lowest BCUT2D eigenvalue weighted by Gasteiger charge is -2.22. The van der Waals surface area contributed by atoms with Gasteiger partial charge in [0.2, 0.25) is 15.9 Å². The zero-order valence-corrected chi connectivity index (χ0v) is 16.2. The molecule has 8 heteroatoms. The fourth-order valence-electron chi connectivity index (χ4n) is 2.22. The van der Waals surface area contributed by atoms with Gasteiger partial charge in [0.15, 0.2) is 0 Å². The van der Waals surface area contributed by atoms with E-state index in [2.05, 4.69) is 5.32 Å². The molecule has 0 atom stereocenters. The molecule has 0 heterocycles. The molecule has 1 amide bonds. The first-order valence-electron chi connectivity index (χ1n) is 7.96. The SMILES string of the molecule is Cc1ccc(OCCNC(=O)CN(c2ccccc2Cl)S(C)(=O)=O)cc1. The van der Waals surface area contributed by atoms with Crippen molar-refractivity contribution in [2.45, 2.75) is 6.92 Å². The Bertz CT molecular complexity index is 854. The van der Waals surface area contributed by atoms with Crippen LogP contribution in [0.4, 0.5) is 5.69 Å². The van der Waals surface area contributed by atoms with Gasteiger partial charge in [-0.15, -0.1) is 0 Å². The van der Waals surface area contributed by atoms with Crippen molar-refractivity contribution in [3.8, 4) is 5.75 Å². The summed E-state index contributed by atoms with van der Waals surface area (Å²) in [4.78, 5) is 12.1. The molecule has 140 valence electrons. The zero-order valence-electron chi connectivity index (χ0n) is 14.6. The van der Waals surface area contributed by atoms with Gasteiger partial charge < -0.3 is 10.1 Å². The topological polar surface area (TPSA) is 75.7 Å². The second-order valence-electron chi connectivity index (χ2n) is 5.73. The zero-order chi connectivity index (χ0) is 19.2. The van der Waals surface area contributed by atoms with E-state index in [1.807, 2.05) is 31.2 Å². The summed E-state index contributed by atoms with van der Waals surface area (Å²) < 4.78 is 30.5. The van der Waals surface area contributed by atoms with Gasteiger partial charge in [-0.2, -0.15) is 0 Å². The number of ether oxygens (including phenoxy) is 1. The lowest BCUT2D eigenvalue weighted by Crippen LogP contribution is -2.41. The Morgan fingerprint density at radius 3 is 2.42 bits per heavy atom. The van der Waals surface area contributed by atoms with Gasteiger partial charge in [0.25, 0.3) is 0 Å². The second kappa shape index (κ2) is 8.91. The highest BCUT2D eigenvalue weighted by molar-refractivity contribution is 7.92. The highest BCUT2D eigenvalue weighted by atomic mass is 35.5. The Morgan fingerprint density at radius 2 is 1.81 bits per heavy atom. The largest absolute Gasteiger partial charge is 0.492 e. The van der Waals surface area contributed by atoms with E-state index in [1.54, 1.807) is 24.3 Å². The molecular formula is C18H21ClN2O4S. The molecule has 1 N–H and O–H groups in total. The summed E-state index contributed by atoms with van der Waals surface area (Å²) in [6.07, 6.45) is 1.03. The van der Waals surface area contributed by atoms with E-state index in [-0.39, 0.29) is 30.4 Å². The van der Waals surface area contributed by atoms with Crippen molar-refractivity contribution in [3.63, 3.8) is 0 Å². The van der Waals surface area contributed by atoms with Crippen LogP contribution in [0.1, 0.15) is 5.56 Å². The Kier molecular flexibility index (Phi) is 6.88. The van der Waals surface area contributed by atoms with E-state index in [9.17, 15) is 13.2 Å². The van der Waals surface area contributed by atoms with Crippen LogP contribution in [0.3, 0.4) is 0 Å². The molecule has 0 aliphatic carbocycles. The van der Waals surface area contributed by atoms with Crippen LogP contribution in [-0.2, 0) is 14.8 Å². The molecule has 0 saturated carbocycles. The molecule has 2 rings (SSSR count). The number of rotatable bonds is 8. The van der Waals surface area contributed by atoms with Crippen molar-refractivity contribution in [2.24, 2.45) is 0 Å². The first kappa shape index (κ1) is 20.1. The molecule has 0 unspecified atom stereocenters. The first-order chi connectivity index (χ1) is 12.3. The number of nitrogens with one attached hydrogen (secondary N) is 1. The molecule has 0 aliphatic rings. The molecule has 2 aromatic carbocycles. The highest BCUT2D eigenvalue weighted by Gasteiger charge is 2.22. The van der Waals surface area contributed by atoms with Gasteiger partial charge in [0.05, 0.1) is 23.5 Å². The average Bonchev–Trinajstić information content (AvgIpc) is 2.58. The number of nitrogens with zero attached hydrogens (tertiary/aromatic N) is 1. The van der Waals surface area contributed by atoms with Gasteiger partial charge in [-0.1, -0.05) is 41.4 Å². The molecule has 0 aliphatic heterocycles. The van der Waals surface area contributed by atoms with Crippen molar-refractivity contribution >= 4 is 33.2 Å². The first-order valence-corrected chi connectivity index (χ1v) is 10.2. The lowest BCUT2D eigenvalue weighted by molar-refractivity contribution is -0.119. The maximum atomic E-state index is 12.1. The van der Waals surface area contributed by atoms with Crippen LogP contribution in [0, 0.1) is 6.92 Å². The van der Waals surface area contributed by atoms with Crippen molar-refractivity contribution < 1.29 is 17.9 Å². The fourth-order valence-corrected chi connectivity index (χ4v) is 3.37. The van der Waals surface area contributed by atoms with Gasteiger partial charge in [0.1, 0.15) is 18.9 Å². The molecule has 0 saturated heterocycles. The second-order valence-corrected chi connectivity index (χ2v) is 8.05. The van der Waals surface area contributed by atoms with Crippen molar-refractivity contribution in [1.29, 1.82) is 0 Å². The molecule has 0 radical (unpaired) electrons. The Hall–Kier alpha value is -2.25. The summed E-state index contributed by atoms with van der Waals surface area (Å²) >= 11 is 6.06. The Labute approximate surface area is 158 Å². The summed E-state index contributed by atoms with van der Waals surface area (Å²) in [6, 6.07) is 14.0. The predicted molar refractivity (Wildman–Crippen MR) is 103 cm³/mol. The van der Waals surface area contributed by atoms with Crippen LogP contribution in [0.5, 0.6) is 5.75 Å². The number of amides is 1. The average molecular weight is 397 g/mol. The van der Waals surface area contributed by atoms with Crippen LogP contribution < -0.4 is 14.4 Å². The third kappa shape index (κ3) is 5.93. The van der Waals surface area contributed by atoms with Crippen LogP contribution in [-0.4, -0.2) is 40.3 Å². The van der Waals surface area contributed by atoms with Crippen molar-refractivity contribution in [2.75, 3.05) is 30.3 Å². The summed E-state index contributed by atoms with van der Waals surface area (Å²) in [5, 5.41) is 2.90. The van der Waals surface area contributed by atoms with E-state index >= 15 is 0 Å². The Balaban J connectivity index is 1.89. The van der Waals surface area contributed by atoms with Gasteiger partial charge in [-0.3, -0.25) is 9.10 Å². The highest BCUT2D eigenvalue weighted by Crippen LogP contribution is 2.26. The number of anilines is 1. The van der Waals surface area contributed by atoms with Gasteiger partial charge >= 0.3 is 0 Å². The van der Waals surface area contributed by atoms with Crippen molar-refractivity contribution in [3.05, 3.63) is 59.1 Å². The van der Waals surface area contributed by atoms with Crippen molar-refractivity contribution in [1.82, 2.24) is 5.32 Å². The number of carbonyl (C=O) groups is 1. The number of benzene rings is 2. The lowest BCUT2D eigenvalue weighted by atomic mass is 10.2. The summed E-state index contributed by atoms with van der Waals surface area (Å²) in [7, 11) is -3.66. The minimum absolute atomic E-state index is 0.257. The minimum atomic E-state index is -3.66. The molecule has 0 aromatic heterocycles. The standard InChI is InChI=1S/C18H21ClN2O4S/c1-14-7-9-15(10-8-14)25-12-11-20-18(22)13-21(26(2,23)24)17-6-4-3-5-16(17)19/h3-10H,11-13H2,1-2H3,(H,20,22). The molecular weight excluding hydrogens is 376 g/mol. The predicted octanol–water partition coefficient (Wildman–Crippen LogP) is 2.61.